The number of hydrogen-bond acceptors (Lipinski definition) is 6. The maximum absolute atomic E-state index is 13.1. The number of aromatic amines is 1. The van der Waals surface area contributed by atoms with Crippen LogP contribution >= 0.6 is 11.6 Å². The molecule has 0 aliphatic heterocycles. The number of hydrogen-bond donors (Lipinski definition) is 2. The smallest absolute Gasteiger partial charge is 0.228 e. The first-order valence-corrected chi connectivity index (χ1v) is 15.3. The normalized spacial score (nSPS) is 16.8. The van der Waals surface area contributed by atoms with Crippen LogP contribution in [0.4, 0.5) is 5.69 Å². The Hall–Kier alpha value is -4.37. The summed E-state index contributed by atoms with van der Waals surface area (Å²) in [7, 11) is 0. The summed E-state index contributed by atoms with van der Waals surface area (Å²) in [5, 5.41) is 18.2. The number of carbonyl (C=O) groups excluding carboxylic acids is 2. The second-order valence-electron chi connectivity index (χ2n) is 11.2. The van der Waals surface area contributed by atoms with Gasteiger partial charge in [-0.05, 0) is 71.5 Å². The maximum atomic E-state index is 13.1. The number of carbonyl (C=O) groups is 2. The number of fused-ring (bicyclic) bond motifs is 1. The van der Waals surface area contributed by atoms with Crippen molar-refractivity contribution in [1.82, 2.24) is 30.2 Å². The highest BCUT2D eigenvalue weighted by atomic mass is 35.5. The lowest BCUT2D eigenvalue weighted by molar-refractivity contribution is -0.126. The topological polar surface area (TPSA) is 118 Å². The predicted octanol–water partition coefficient (Wildman–Crippen LogP) is 6.87. The molecule has 10 heteroatoms. The Morgan fingerprint density at radius 2 is 1.91 bits per heavy atom. The van der Waals surface area contributed by atoms with Crippen LogP contribution in [0.5, 0.6) is 0 Å². The molecule has 2 N–H and O–H groups in total. The van der Waals surface area contributed by atoms with Gasteiger partial charge in [-0.3, -0.25) is 4.79 Å². The van der Waals surface area contributed by atoms with Crippen molar-refractivity contribution in [3.05, 3.63) is 77.1 Å². The molecule has 0 unspecified atom stereocenters. The fourth-order valence-electron chi connectivity index (χ4n) is 6.04. The Bertz CT molecular complexity index is 1730. The Morgan fingerprint density at radius 3 is 2.67 bits per heavy atom. The number of nitrogens with one attached hydrogen (secondary N) is 2. The van der Waals surface area contributed by atoms with Crippen LogP contribution in [0.3, 0.4) is 0 Å². The summed E-state index contributed by atoms with van der Waals surface area (Å²) >= 11 is 6.28. The van der Waals surface area contributed by atoms with E-state index in [9.17, 15) is 9.59 Å². The minimum absolute atomic E-state index is 0.0774. The number of tetrazole rings is 1. The van der Waals surface area contributed by atoms with Crippen molar-refractivity contribution in [2.75, 3.05) is 5.32 Å². The molecule has 43 heavy (non-hydrogen) atoms. The number of imidazole rings is 1. The molecular formula is C33H34ClN7O2. The summed E-state index contributed by atoms with van der Waals surface area (Å²) in [5.41, 5.74) is 6.51. The standard InChI is InChI=1S/C33H34ClN7O2/c1-2-3-8-31-36-29-16-14-25(35-33(43)27-7-5-4-6-23(27)20-42)18-30(29)41(31)19-21-9-11-22(12-10-21)26-15-13-24(34)17-28(26)32-37-39-40-38-32/h9-18,20,23,27H,2-8,19H2,1H3,(H,35,43)(H,37,38,39,40)/t23-,27-/m1/s1. The van der Waals surface area contributed by atoms with E-state index in [2.05, 4.69) is 61.7 Å². The van der Waals surface area contributed by atoms with Gasteiger partial charge in [-0.2, -0.15) is 5.21 Å². The lowest BCUT2D eigenvalue weighted by atomic mass is 9.79. The number of amides is 1. The number of aromatic nitrogens is 6. The van der Waals surface area contributed by atoms with Crippen LogP contribution < -0.4 is 5.32 Å². The molecule has 1 aliphatic carbocycles. The number of benzene rings is 3. The van der Waals surface area contributed by atoms with E-state index in [0.717, 1.165) is 96.0 Å². The highest BCUT2D eigenvalue weighted by molar-refractivity contribution is 6.31. The Kier molecular flexibility index (Phi) is 8.60. The van der Waals surface area contributed by atoms with Gasteiger partial charge in [-0.15, -0.1) is 10.2 Å². The minimum atomic E-state index is -0.272. The Morgan fingerprint density at radius 1 is 1.07 bits per heavy atom. The van der Waals surface area contributed by atoms with E-state index in [0.29, 0.717) is 17.4 Å². The number of rotatable bonds is 10. The zero-order valence-corrected chi connectivity index (χ0v) is 24.8. The third-order valence-electron chi connectivity index (χ3n) is 8.35. The minimum Gasteiger partial charge on any atom is -0.326 e. The molecule has 2 heterocycles. The molecule has 0 saturated heterocycles. The molecule has 2 aromatic heterocycles. The van der Waals surface area contributed by atoms with Crippen molar-refractivity contribution in [1.29, 1.82) is 0 Å². The molecule has 220 valence electrons. The summed E-state index contributed by atoms with van der Waals surface area (Å²) in [4.78, 5) is 29.7. The fourth-order valence-corrected chi connectivity index (χ4v) is 6.21. The van der Waals surface area contributed by atoms with Gasteiger partial charge in [0.2, 0.25) is 11.7 Å². The van der Waals surface area contributed by atoms with E-state index >= 15 is 0 Å². The van der Waals surface area contributed by atoms with Crippen molar-refractivity contribution in [3.8, 4) is 22.5 Å². The molecule has 2 atom stereocenters. The first kappa shape index (κ1) is 28.7. The van der Waals surface area contributed by atoms with Crippen LogP contribution in [0.2, 0.25) is 5.02 Å². The van der Waals surface area contributed by atoms with Crippen LogP contribution in [-0.2, 0) is 22.6 Å². The van der Waals surface area contributed by atoms with Gasteiger partial charge in [0.15, 0.2) is 0 Å². The lowest BCUT2D eigenvalue weighted by Crippen LogP contribution is -2.32. The highest BCUT2D eigenvalue weighted by Crippen LogP contribution is 2.33. The van der Waals surface area contributed by atoms with Crippen molar-refractivity contribution >= 4 is 40.5 Å². The predicted molar refractivity (Wildman–Crippen MR) is 168 cm³/mol. The van der Waals surface area contributed by atoms with E-state index in [-0.39, 0.29) is 17.7 Å². The van der Waals surface area contributed by atoms with Gasteiger partial charge in [0.1, 0.15) is 12.1 Å². The first-order valence-electron chi connectivity index (χ1n) is 14.9. The molecule has 3 aromatic carbocycles. The number of unbranched alkanes of at least 4 members (excludes halogenated alkanes) is 1. The quantitative estimate of drug-likeness (QED) is 0.170. The number of H-pyrrole nitrogens is 1. The molecule has 0 spiro atoms. The number of halogens is 1. The molecular weight excluding hydrogens is 562 g/mol. The average molecular weight is 596 g/mol. The monoisotopic (exact) mass is 595 g/mol. The van der Waals surface area contributed by atoms with E-state index in [1.165, 1.54) is 0 Å². The summed E-state index contributed by atoms with van der Waals surface area (Å²) in [6.45, 7) is 2.82. The molecule has 5 aromatic rings. The first-order chi connectivity index (χ1) is 21.0. The van der Waals surface area contributed by atoms with Crippen molar-refractivity contribution in [3.63, 3.8) is 0 Å². The van der Waals surface area contributed by atoms with Gasteiger partial charge >= 0.3 is 0 Å². The van der Waals surface area contributed by atoms with E-state index < -0.39 is 0 Å². The molecule has 1 amide bonds. The number of aldehydes is 1. The Balaban J connectivity index is 1.28. The van der Waals surface area contributed by atoms with Gasteiger partial charge in [0.25, 0.3) is 0 Å². The van der Waals surface area contributed by atoms with Gasteiger partial charge in [-0.25, -0.2) is 4.98 Å². The van der Waals surface area contributed by atoms with Gasteiger partial charge in [-0.1, -0.05) is 68.1 Å². The molecule has 1 saturated carbocycles. The van der Waals surface area contributed by atoms with Crippen LogP contribution in [0.25, 0.3) is 33.5 Å². The molecule has 0 radical (unpaired) electrons. The second-order valence-corrected chi connectivity index (χ2v) is 11.7. The van der Waals surface area contributed by atoms with E-state index in [1.54, 1.807) is 0 Å². The number of aryl methyl sites for hydroxylation is 1. The zero-order chi connectivity index (χ0) is 29.8. The number of nitrogens with zero attached hydrogens (tertiary/aromatic N) is 5. The average Bonchev–Trinajstić information content (AvgIpc) is 3.69. The van der Waals surface area contributed by atoms with E-state index in [1.807, 2.05) is 36.4 Å². The SMILES string of the molecule is CCCCc1nc2ccc(NC(=O)[C@@H]3CCCC[C@@H]3C=O)cc2n1Cc1ccc(-c2ccc(Cl)cc2-c2nn[nH]n2)cc1. The van der Waals surface area contributed by atoms with Crippen LogP contribution in [0.15, 0.2) is 60.7 Å². The Labute approximate surface area is 255 Å². The van der Waals surface area contributed by atoms with Crippen molar-refractivity contribution in [2.24, 2.45) is 11.8 Å². The van der Waals surface area contributed by atoms with Crippen LogP contribution in [0, 0.1) is 11.8 Å². The van der Waals surface area contributed by atoms with E-state index in [4.69, 9.17) is 16.6 Å². The van der Waals surface area contributed by atoms with Crippen LogP contribution in [0.1, 0.15) is 56.8 Å². The third kappa shape index (κ3) is 6.22. The largest absolute Gasteiger partial charge is 0.326 e. The molecule has 9 nitrogen and oxygen atoms in total. The zero-order valence-electron chi connectivity index (χ0n) is 24.1. The van der Waals surface area contributed by atoms with Crippen LogP contribution in [-0.4, -0.2) is 42.4 Å². The summed E-state index contributed by atoms with van der Waals surface area (Å²) in [5.74, 6) is 0.954. The van der Waals surface area contributed by atoms with Gasteiger partial charge < -0.3 is 14.7 Å². The summed E-state index contributed by atoms with van der Waals surface area (Å²) in [6.07, 6.45) is 7.43. The third-order valence-corrected chi connectivity index (χ3v) is 8.59. The second kappa shape index (κ2) is 12.9. The highest BCUT2D eigenvalue weighted by Gasteiger charge is 2.30. The molecule has 1 fully saturated rings. The molecule has 6 rings (SSSR count). The van der Waals surface area contributed by atoms with Crippen molar-refractivity contribution in [2.45, 2.75) is 58.4 Å². The van der Waals surface area contributed by atoms with Gasteiger partial charge in [0, 0.05) is 41.1 Å². The summed E-state index contributed by atoms with van der Waals surface area (Å²) in [6, 6.07) is 20.0. The van der Waals surface area contributed by atoms with Gasteiger partial charge in [0.05, 0.1) is 11.0 Å². The fraction of sp³-hybridized carbons (Fsp3) is 0.333. The molecule has 1 aliphatic rings. The summed E-state index contributed by atoms with van der Waals surface area (Å²) < 4.78 is 2.25. The van der Waals surface area contributed by atoms with Crippen molar-refractivity contribution < 1.29 is 9.59 Å². The molecule has 0 bridgehead atoms. The lowest BCUT2D eigenvalue weighted by Gasteiger charge is -2.26. The maximum Gasteiger partial charge on any atom is 0.228 e. The number of anilines is 1.